The molecular weight excluding hydrogens is 233 g/mol. The SMILES string of the molecule is CC(O)C1(c2ccccc2OC(F)(F)F)CC1. The maximum atomic E-state index is 12.2. The van der Waals surface area contributed by atoms with E-state index in [4.69, 9.17) is 0 Å². The van der Waals surface area contributed by atoms with Crippen molar-refractivity contribution in [1.82, 2.24) is 0 Å². The molecule has 1 N–H and O–H groups in total. The Labute approximate surface area is 97.0 Å². The van der Waals surface area contributed by atoms with Gasteiger partial charge in [0.25, 0.3) is 0 Å². The van der Waals surface area contributed by atoms with Gasteiger partial charge in [0.2, 0.25) is 0 Å². The summed E-state index contributed by atoms with van der Waals surface area (Å²) in [4.78, 5) is 0. The van der Waals surface area contributed by atoms with Crippen LogP contribution >= 0.6 is 0 Å². The first-order chi connectivity index (χ1) is 7.85. The molecule has 1 aromatic carbocycles. The van der Waals surface area contributed by atoms with Crippen molar-refractivity contribution >= 4 is 0 Å². The van der Waals surface area contributed by atoms with E-state index >= 15 is 0 Å². The number of halogens is 3. The molecule has 1 aliphatic rings. The Kier molecular flexibility index (Phi) is 2.81. The van der Waals surface area contributed by atoms with Gasteiger partial charge in [0.1, 0.15) is 5.75 Å². The lowest BCUT2D eigenvalue weighted by Crippen LogP contribution is -2.25. The molecule has 0 bridgehead atoms. The van der Waals surface area contributed by atoms with Crippen molar-refractivity contribution in [2.24, 2.45) is 0 Å². The van der Waals surface area contributed by atoms with E-state index in [9.17, 15) is 18.3 Å². The van der Waals surface area contributed by atoms with Crippen LogP contribution in [-0.4, -0.2) is 17.6 Å². The maximum absolute atomic E-state index is 12.2. The number of aliphatic hydroxyl groups is 1. The molecule has 0 amide bonds. The van der Waals surface area contributed by atoms with Gasteiger partial charge >= 0.3 is 6.36 Å². The van der Waals surface area contributed by atoms with Crippen LogP contribution in [0.15, 0.2) is 24.3 Å². The van der Waals surface area contributed by atoms with Gasteiger partial charge in [-0.3, -0.25) is 0 Å². The highest BCUT2D eigenvalue weighted by Crippen LogP contribution is 2.54. The number of para-hydroxylation sites is 1. The van der Waals surface area contributed by atoms with E-state index in [0.29, 0.717) is 18.4 Å². The first-order valence-electron chi connectivity index (χ1n) is 5.38. The molecule has 0 heterocycles. The predicted octanol–water partition coefficient (Wildman–Crippen LogP) is 3.00. The van der Waals surface area contributed by atoms with Crippen molar-refractivity contribution in [3.8, 4) is 5.75 Å². The first-order valence-corrected chi connectivity index (χ1v) is 5.38. The van der Waals surface area contributed by atoms with E-state index in [1.165, 1.54) is 12.1 Å². The van der Waals surface area contributed by atoms with E-state index in [-0.39, 0.29) is 5.75 Å². The van der Waals surface area contributed by atoms with Gasteiger partial charge in [-0.05, 0) is 25.8 Å². The summed E-state index contributed by atoms with van der Waals surface area (Å²) in [5.74, 6) is -0.210. The molecule has 1 unspecified atom stereocenters. The molecule has 0 saturated heterocycles. The highest BCUT2D eigenvalue weighted by molar-refractivity contribution is 5.44. The summed E-state index contributed by atoms with van der Waals surface area (Å²) < 4.78 is 40.7. The van der Waals surface area contributed by atoms with Crippen molar-refractivity contribution < 1.29 is 23.0 Å². The summed E-state index contributed by atoms with van der Waals surface area (Å²) in [5.41, 5.74) is -0.130. The highest BCUT2D eigenvalue weighted by atomic mass is 19.4. The molecule has 0 spiro atoms. The van der Waals surface area contributed by atoms with E-state index in [2.05, 4.69) is 4.74 Å². The van der Waals surface area contributed by atoms with Crippen molar-refractivity contribution in [3.63, 3.8) is 0 Å². The molecule has 0 aromatic heterocycles. The molecule has 2 nitrogen and oxygen atoms in total. The maximum Gasteiger partial charge on any atom is 0.573 e. The Morgan fingerprint density at radius 2 is 1.88 bits per heavy atom. The number of hydrogen-bond acceptors (Lipinski definition) is 2. The van der Waals surface area contributed by atoms with E-state index in [1.54, 1.807) is 19.1 Å². The Hall–Kier alpha value is -1.23. The minimum absolute atomic E-state index is 0.210. The van der Waals surface area contributed by atoms with Crippen LogP contribution in [0.25, 0.3) is 0 Å². The Bertz CT molecular complexity index is 408. The minimum Gasteiger partial charge on any atom is -0.405 e. The van der Waals surface area contributed by atoms with E-state index < -0.39 is 17.9 Å². The number of aliphatic hydroxyl groups excluding tert-OH is 1. The third-order valence-electron chi connectivity index (χ3n) is 3.24. The first kappa shape index (κ1) is 12.2. The average Bonchev–Trinajstić information content (AvgIpc) is 2.96. The predicted molar refractivity (Wildman–Crippen MR) is 55.7 cm³/mol. The Morgan fingerprint density at radius 3 is 2.35 bits per heavy atom. The van der Waals surface area contributed by atoms with Gasteiger partial charge in [-0.15, -0.1) is 13.2 Å². The number of alkyl halides is 3. The zero-order chi connectivity index (χ0) is 12.7. The van der Waals surface area contributed by atoms with Gasteiger partial charge in [0, 0.05) is 11.0 Å². The zero-order valence-corrected chi connectivity index (χ0v) is 9.29. The minimum atomic E-state index is -4.70. The van der Waals surface area contributed by atoms with Gasteiger partial charge in [-0.2, -0.15) is 0 Å². The molecule has 94 valence electrons. The lowest BCUT2D eigenvalue weighted by molar-refractivity contribution is -0.275. The molecule has 0 radical (unpaired) electrons. The molecule has 1 fully saturated rings. The Balaban J connectivity index is 2.35. The molecule has 0 aliphatic heterocycles. The van der Waals surface area contributed by atoms with Crippen LogP contribution in [-0.2, 0) is 5.41 Å². The number of benzene rings is 1. The van der Waals surface area contributed by atoms with Gasteiger partial charge < -0.3 is 9.84 Å². The lowest BCUT2D eigenvalue weighted by Gasteiger charge is -2.22. The summed E-state index contributed by atoms with van der Waals surface area (Å²) in [5, 5.41) is 9.68. The molecule has 2 rings (SSSR count). The second kappa shape index (κ2) is 3.91. The van der Waals surface area contributed by atoms with Gasteiger partial charge in [0.15, 0.2) is 0 Å². The number of hydrogen-bond donors (Lipinski definition) is 1. The fraction of sp³-hybridized carbons (Fsp3) is 0.500. The van der Waals surface area contributed by atoms with Gasteiger partial charge in [-0.1, -0.05) is 18.2 Å². The van der Waals surface area contributed by atoms with E-state index in [1.807, 2.05) is 0 Å². The van der Waals surface area contributed by atoms with E-state index in [0.717, 1.165) is 0 Å². The van der Waals surface area contributed by atoms with Crippen LogP contribution in [0.4, 0.5) is 13.2 Å². The molecular formula is C12H13F3O2. The topological polar surface area (TPSA) is 29.5 Å². The number of rotatable bonds is 3. The molecule has 1 atom stereocenters. The summed E-state index contributed by atoms with van der Waals surface area (Å²) in [6.45, 7) is 1.59. The lowest BCUT2D eigenvalue weighted by atomic mass is 9.90. The molecule has 1 aromatic rings. The number of ether oxygens (including phenoxy) is 1. The van der Waals surface area contributed by atoms with Gasteiger partial charge in [-0.25, -0.2) is 0 Å². The average molecular weight is 246 g/mol. The molecule has 1 aliphatic carbocycles. The van der Waals surface area contributed by atoms with Crippen molar-refractivity contribution in [2.45, 2.75) is 37.6 Å². The Morgan fingerprint density at radius 1 is 1.29 bits per heavy atom. The monoisotopic (exact) mass is 246 g/mol. The van der Waals surface area contributed by atoms with Crippen LogP contribution in [0.3, 0.4) is 0 Å². The smallest absolute Gasteiger partial charge is 0.405 e. The summed E-state index contributed by atoms with van der Waals surface area (Å²) in [6, 6.07) is 6.01. The second-order valence-electron chi connectivity index (χ2n) is 4.38. The van der Waals surface area contributed by atoms with Crippen molar-refractivity contribution in [2.75, 3.05) is 0 Å². The largest absolute Gasteiger partial charge is 0.573 e. The third-order valence-corrected chi connectivity index (χ3v) is 3.24. The fourth-order valence-electron chi connectivity index (χ4n) is 2.14. The van der Waals surface area contributed by atoms with Crippen LogP contribution in [0.5, 0.6) is 5.75 Å². The second-order valence-corrected chi connectivity index (χ2v) is 4.38. The van der Waals surface area contributed by atoms with Crippen molar-refractivity contribution in [1.29, 1.82) is 0 Å². The summed E-state index contributed by atoms with van der Waals surface area (Å²) >= 11 is 0. The third kappa shape index (κ3) is 2.39. The van der Waals surface area contributed by atoms with Crippen LogP contribution in [0, 0.1) is 0 Å². The van der Waals surface area contributed by atoms with Crippen LogP contribution in [0.2, 0.25) is 0 Å². The molecule has 5 heteroatoms. The fourth-order valence-corrected chi connectivity index (χ4v) is 2.14. The zero-order valence-electron chi connectivity index (χ0n) is 9.29. The summed E-state index contributed by atoms with van der Waals surface area (Å²) in [6.07, 6.45) is -4.02. The van der Waals surface area contributed by atoms with Crippen LogP contribution in [0.1, 0.15) is 25.3 Å². The normalized spacial score (nSPS) is 19.8. The summed E-state index contributed by atoms with van der Waals surface area (Å²) in [7, 11) is 0. The quantitative estimate of drug-likeness (QED) is 0.888. The molecule has 1 saturated carbocycles. The molecule has 17 heavy (non-hydrogen) atoms. The van der Waals surface area contributed by atoms with Crippen molar-refractivity contribution in [3.05, 3.63) is 29.8 Å². The van der Waals surface area contributed by atoms with Gasteiger partial charge in [0.05, 0.1) is 6.10 Å². The van der Waals surface area contributed by atoms with Crippen LogP contribution < -0.4 is 4.74 Å². The standard InChI is InChI=1S/C12H13F3O2/c1-8(16)11(6-7-11)9-4-2-3-5-10(9)17-12(13,14)15/h2-5,8,16H,6-7H2,1H3. The highest BCUT2D eigenvalue weighted by Gasteiger charge is 2.50.